The third-order valence-corrected chi connectivity index (χ3v) is 7.72. The highest BCUT2D eigenvalue weighted by atomic mass is 32.1. The number of hydrogen-bond acceptors (Lipinski definition) is 5. The zero-order valence-electron chi connectivity index (χ0n) is 20.8. The Bertz CT molecular complexity index is 1290. The quantitative estimate of drug-likeness (QED) is 0.349. The standard InChI is InChI=1S/C27H29F3N2O4S/c1-26(2,3)22(25(34)35)32-23(33)18-12-13-19-20(31-24(37-19)16-6-4-5-7-16)21(18)36-14-15-8-10-17(11-9-15)27(28,29)30/h8-13,16,22H,4-7,14H2,1-3H3,(H,32,33)(H,34,35). The molecule has 0 spiro atoms. The van der Waals surface area contributed by atoms with Crippen LogP contribution in [0.2, 0.25) is 0 Å². The predicted octanol–water partition coefficient (Wildman–Crippen LogP) is 6.78. The number of carbonyl (C=O) groups is 2. The smallest absolute Gasteiger partial charge is 0.416 e. The average Bonchev–Trinajstić information content (AvgIpc) is 3.49. The fourth-order valence-corrected chi connectivity index (χ4v) is 5.60. The lowest BCUT2D eigenvalue weighted by atomic mass is 9.86. The first-order valence-corrected chi connectivity index (χ1v) is 12.9. The molecule has 1 aliphatic carbocycles. The maximum atomic E-state index is 13.3. The van der Waals surface area contributed by atoms with E-state index in [1.54, 1.807) is 32.9 Å². The fourth-order valence-electron chi connectivity index (χ4n) is 4.46. The second-order valence-electron chi connectivity index (χ2n) is 10.4. The lowest BCUT2D eigenvalue weighted by molar-refractivity contribution is -0.142. The zero-order valence-corrected chi connectivity index (χ0v) is 21.6. The van der Waals surface area contributed by atoms with Gasteiger partial charge in [-0.25, -0.2) is 9.78 Å². The predicted molar refractivity (Wildman–Crippen MR) is 135 cm³/mol. The number of fused-ring (bicyclic) bond motifs is 1. The number of carboxylic acid groups (broad SMARTS) is 1. The molecule has 4 rings (SSSR count). The summed E-state index contributed by atoms with van der Waals surface area (Å²) in [5.41, 5.74) is -0.405. The summed E-state index contributed by atoms with van der Waals surface area (Å²) < 4.78 is 45.7. The number of hydrogen-bond donors (Lipinski definition) is 2. The van der Waals surface area contributed by atoms with Crippen molar-refractivity contribution in [2.75, 3.05) is 0 Å². The molecule has 1 atom stereocenters. The summed E-state index contributed by atoms with van der Waals surface area (Å²) in [6.07, 6.45) is -0.0907. The van der Waals surface area contributed by atoms with E-state index in [1.807, 2.05) is 0 Å². The van der Waals surface area contributed by atoms with Crippen LogP contribution in [0.15, 0.2) is 36.4 Å². The molecule has 1 aliphatic rings. The van der Waals surface area contributed by atoms with Crippen LogP contribution in [0.1, 0.15) is 78.9 Å². The van der Waals surface area contributed by atoms with Gasteiger partial charge in [0.25, 0.3) is 5.91 Å². The number of amides is 1. The normalized spacial score (nSPS) is 15.6. The van der Waals surface area contributed by atoms with Crippen molar-refractivity contribution in [2.24, 2.45) is 5.41 Å². The van der Waals surface area contributed by atoms with E-state index < -0.39 is 35.1 Å². The molecule has 3 aromatic rings. The molecular formula is C27H29F3N2O4S. The molecule has 0 radical (unpaired) electrons. The molecule has 1 unspecified atom stereocenters. The summed E-state index contributed by atoms with van der Waals surface area (Å²) in [6.45, 7) is 5.05. The minimum Gasteiger partial charge on any atom is -0.486 e. The number of ether oxygens (including phenoxy) is 1. The second-order valence-corrected chi connectivity index (χ2v) is 11.5. The van der Waals surface area contributed by atoms with Gasteiger partial charge in [0.1, 0.15) is 18.2 Å². The van der Waals surface area contributed by atoms with Crippen molar-refractivity contribution < 1.29 is 32.6 Å². The van der Waals surface area contributed by atoms with Gasteiger partial charge in [-0.3, -0.25) is 4.79 Å². The number of nitrogens with one attached hydrogen (secondary N) is 1. The summed E-state index contributed by atoms with van der Waals surface area (Å²) in [6, 6.07) is 6.82. The molecule has 198 valence electrons. The Morgan fingerprint density at radius 2 is 1.76 bits per heavy atom. The van der Waals surface area contributed by atoms with Gasteiger partial charge in [-0.05, 0) is 48.1 Å². The van der Waals surface area contributed by atoms with E-state index >= 15 is 0 Å². The molecule has 10 heteroatoms. The Kier molecular flexibility index (Phi) is 7.50. The Labute approximate surface area is 216 Å². The van der Waals surface area contributed by atoms with Crippen LogP contribution in [0.3, 0.4) is 0 Å². The second kappa shape index (κ2) is 10.3. The molecule has 1 aromatic heterocycles. The van der Waals surface area contributed by atoms with Crippen molar-refractivity contribution in [3.63, 3.8) is 0 Å². The number of halogens is 3. The summed E-state index contributed by atoms with van der Waals surface area (Å²) in [5.74, 6) is -1.25. The Balaban J connectivity index is 1.69. The van der Waals surface area contributed by atoms with Crippen LogP contribution in [-0.2, 0) is 17.6 Å². The van der Waals surface area contributed by atoms with Crippen LogP contribution < -0.4 is 10.1 Å². The number of nitrogens with zero attached hydrogens (tertiary/aromatic N) is 1. The van der Waals surface area contributed by atoms with Gasteiger partial charge in [0, 0.05) is 5.92 Å². The molecule has 1 heterocycles. The topological polar surface area (TPSA) is 88.5 Å². The van der Waals surface area contributed by atoms with Gasteiger partial charge in [0.05, 0.1) is 20.8 Å². The minimum absolute atomic E-state index is 0.0878. The molecule has 0 aliphatic heterocycles. The number of aliphatic carboxylic acids is 1. The molecule has 1 amide bonds. The van der Waals surface area contributed by atoms with Gasteiger partial charge in [-0.1, -0.05) is 45.7 Å². The van der Waals surface area contributed by atoms with E-state index in [0.717, 1.165) is 47.5 Å². The van der Waals surface area contributed by atoms with Gasteiger partial charge in [0.15, 0.2) is 5.75 Å². The van der Waals surface area contributed by atoms with Crippen molar-refractivity contribution in [2.45, 2.75) is 71.2 Å². The number of benzene rings is 2. The van der Waals surface area contributed by atoms with E-state index in [9.17, 15) is 27.9 Å². The lowest BCUT2D eigenvalue weighted by Crippen LogP contribution is -2.49. The molecule has 2 N–H and O–H groups in total. The molecule has 0 bridgehead atoms. The highest BCUT2D eigenvalue weighted by molar-refractivity contribution is 7.18. The van der Waals surface area contributed by atoms with Crippen molar-refractivity contribution >= 4 is 33.4 Å². The SMILES string of the molecule is CC(C)(C)C(NC(=O)c1ccc2sc(C3CCCC3)nc2c1OCc1ccc(C(F)(F)F)cc1)C(=O)O. The van der Waals surface area contributed by atoms with Crippen LogP contribution >= 0.6 is 11.3 Å². The zero-order chi connectivity index (χ0) is 27.0. The first-order valence-electron chi connectivity index (χ1n) is 12.1. The van der Waals surface area contributed by atoms with Gasteiger partial charge < -0.3 is 15.2 Å². The van der Waals surface area contributed by atoms with E-state index in [0.29, 0.717) is 17.0 Å². The van der Waals surface area contributed by atoms with Crippen molar-refractivity contribution in [1.29, 1.82) is 0 Å². The Hall–Kier alpha value is -3.14. The lowest BCUT2D eigenvalue weighted by Gasteiger charge is -2.28. The first-order chi connectivity index (χ1) is 17.3. The number of rotatable bonds is 7. The molecule has 37 heavy (non-hydrogen) atoms. The molecule has 1 fully saturated rings. The van der Waals surface area contributed by atoms with Gasteiger partial charge in [0.2, 0.25) is 0 Å². The maximum absolute atomic E-state index is 13.3. The van der Waals surface area contributed by atoms with Crippen LogP contribution in [0.5, 0.6) is 5.75 Å². The Morgan fingerprint density at radius 1 is 1.11 bits per heavy atom. The monoisotopic (exact) mass is 534 g/mol. The number of alkyl halides is 3. The highest BCUT2D eigenvalue weighted by Crippen LogP contribution is 2.41. The van der Waals surface area contributed by atoms with Crippen LogP contribution in [0, 0.1) is 5.41 Å². The summed E-state index contributed by atoms with van der Waals surface area (Å²) in [4.78, 5) is 29.9. The largest absolute Gasteiger partial charge is 0.486 e. The summed E-state index contributed by atoms with van der Waals surface area (Å²) in [7, 11) is 0. The van der Waals surface area contributed by atoms with Gasteiger partial charge >= 0.3 is 12.1 Å². The number of carbonyl (C=O) groups excluding carboxylic acids is 1. The number of aromatic nitrogens is 1. The fraction of sp³-hybridized carbons (Fsp3) is 0.444. The van der Waals surface area contributed by atoms with Crippen molar-refractivity contribution in [3.05, 3.63) is 58.1 Å². The average molecular weight is 535 g/mol. The number of thiazole rings is 1. The number of carboxylic acids is 1. The Morgan fingerprint density at radius 3 is 2.32 bits per heavy atom. The summed E-state index contributed by atoms with van der Waals surface area (Å²) in [5, 5.41) is 13.2. The van der Waals surface area contributed by atoms with E-state index in [1.165, 1.54) is 23.5 Å². The van der Waals surface area contributed by atoms with E-state index in [2.05, 4.69) is 5.32 Å². The van der Waals surface area contributed by atoms with E-state index in [4.69, 9.17) is 9.72 Å². The summed E-state index contributed by atoms with van der Waals surface area (Å²) >= 11 is 1.54. The van der Waals surface area contributed by atoms with Crippen LogP contribution in [0.25, 0.3) is 10.2 Å². The van der Waals surface area contributed by atoms with E-state index in [-0.39, 0.29) is 17.9 Å². The molecule has 0 saturated heterocycles. The maximum Gasteiger partial charge on any atom is 0.416 e. The van der Waals surface area contributed by atoms with Crippen molar-refractivity contribution in [1.82, 2.24) is 10.3 Å². The molecule has 2 aromatic carbocycles. The minimum atomic E-state index is -4.44. The molecule has 6 nitrogen and oxygen atoms in total. The first kappa shape index (κ1) is 26.9. The third-order valence-electron chi connectivity index (χ3n) is 6.53. The van der Waals surface area contributed by atoms with Gasteiger partial charge in [-0.2, -0.15) is 13.2 Å². The van der Waals surface area contributed by atoms with Crippen LogP contribution in [0.4, 0.5) is 13.2 Å². The van der Waals surface area contributed by atoms with Crippen LogP contribution in [-0.4, -0.2) is 28.0 Å². The molecular weight excluding hydrogens is 505 g/mol. The molecule has 1 saturated carbocycles. The third kappa shape index (κ3) is 6.06. The van der Waals surface area contributed by atoms with Gasteiger partial charge in [-0.15, -0.1) is 11.3 Å². The highest BCUT2D eigenvalue weighted by Gasteiger charge is 2.34. The van der Waals surface area contributed by atoms with Crippen molar-refractivity contribution in [3.8, 4) is 5.75 Å².